The summed E-state index contributed by atoms with van der Waals surface area (Å²) in [5, 5.41) is 0. The highest BCUT2D eigenvalue weighted by atomic mass is 79.9. The molecule has 10 heavy (non-hydrogen) atoms. The van der Waals surface area contributed by atoms with Crippen LogP contribution in [0.2, 0.25) is 0 Å². The van der Waals surface area contributed by atoms with Crippen molar-refractivity contribution < 1.29 is 0 Å². The number of fused-ring (bicyclic) bond motifs is 1. The number of imidazole rings is 1. The Morgan fingerprint density at radius 1 is 1.40 bits per heavy atom. The fourth-order valence-electron chi connectivity index (χ4n) is 0.876. The Kier molecular flexibility index (Phi) is 1.24. The number of para-hydroxylation sites is 2. The van der Waals surface area contributed by atoms with E-state index >= 15 is 0 Å². The maximum Gasteiger partial charge on any atom is 0.188 e. The summed E-state index contributed by atoms with van der Waals surface area (Å²) < 4.78 is 1.70. The molecule has 3 heteroatoms. The minimum atomic E-state index is 0.958. The lowest BCUT2D eigenvalue weighted by molar-refractivity contribution is 1.27. The molecule has 0 amide bonds. The van der Waals surface area contributed by atoms with Gasteiger partial charge in [0.1, 0.15) is 0 Å². The van der Waals surface area contributed by atoms with Gasteiger partial charge in [0, 0.05) is 0 Å². The van der Waals surface area contributed by atoms with Crippen molar-refractivity contribution in [1.29, 1.82) is 0 Å². The number of aromatic nitrogens is 2. The molecule has 0 atom stereocenters. The Balaban J connectivity index is 2.93. The summed E-state index contributed by atoms with van der Waals surface area (Å²) in [5.74, 6) is 0. The monoisotopic (exact) mass is 195 g/mol. The van der Waals surface area contributed by atoms with Crippen molar-refractivity contribution in [2.24, 2.45) is 0 Å². The molecule has 1 radical (unpaired) electrons. The molecule has 0 unspecified atom stereocenters. The van der Waals surface area contributed by atoms with Gasteiger partial charge in [-0.1, -0.05) is 12.1 Å². The quantitative estimate of drug-likeness (QED) is 0.629. The van der Waals surface area contributed by atoms with E-state index in [0.29, 0.717) is 0 Å². The summed E-state index contributed by atoms with van der Waals surface area (Å²) in [5.41, 5.74) is 2.00. The SMILES string of the molecule is Brn1[c]nc2ccccc21. The number of hydrogen-bond donors (Lipinski definition) is 0. The molecule has 0 aliphatic carbocycles. The third-order valence-electron chi connectivity index (χ3n) is 1.35. The normalized spacial score (nSPS) is 10.5. The lowest BCUT2D eigenvalue weighted by Crippen LogP contribution is -1.72. The van der Waals surface area contributed by atoms with E-state index in [2.05, 4.69) is 27.5 Å². The van der Waals surface area contributed by atoms with E-state index in [9.17, 15) is 0 Å². The second-order valence-electron chi connectivity index (χ2n) is 1.98. The molecular weight excluding hydrogens is 192 g/mol. The molecule has 0 spiro atoms. The van der Waals surface area contributed by atoms with Gasteiger partial charge in [0.05, 0.1) is 27.2 Å². The van der Waals surface area contributed by atoms with Crippen molar-refractivity contribution in [2.75, 3.05) is 0 Å². The second kappa shape index (κ2) is 2.09. The minimum absolute atomic E-state index is 0.958. The number of halogens is 1. The first kappa shape index (κ1) is 5.92. The first-order chi connectivity index (χ1) is 4.88. The molecule has 2 aromatic rings. The van der Waals surface area contributed by atoms with Gasteiger partial charge in [-0.3, -0.25) is 3.59 Å². The summed E-state index contributed by atoms with van der Waals surface area (Å²) in [6.07, 6.45) is 2.76. The average Bonchev–Trinajstić information content (AvgIpc) is 2.34. The van der Waals surface area contributed by atoms with Crippen molar-refractivity contribution in [1.82, 2.24) is 8.58 Å². The third kappa shape index (κ3) is 0.743. The highest BCUT2D eigenvalue weighted by molar-refractivity contribution is 9.08. The fourth-order valence-corrected chi connectivity index (χ4v) is 1.26. The van der Waals surface area contributed by atoms with Crippen molar-refractivity contribution >= 4 is 27.2 Å². The zero-order valence-corrected chi connectivity index (χ0v) is 6.67. The number of nitrogens with zero attached hydrogens (tertiary/aromatic N) is 2. The molecule has 0 N–H and O–H groups in total. The van der Waals surface area contributed by atoms with Crippen molar-refractivity contribution in [3.8, 4) is 0 Å². The topological polar surface area (TPSA) is 17.8 Å². The molecule has 1 aromatic heterocycles. The van der Waals surface area contributed by atoms with Crippen LogP contribution < -0.4 is 0 Å². The van der Waals surface area contributed by atoms with Crippen LogP contribution in [-0.4, -0.2) is 8.58 Å². The van der Waals surface area contributed by atoms with E-state index in [1.807, 2.05) is 24.3 Å². The van der Waals surface area contributed by atoms with Gasteiger partial charge in [-0.2, -0.15) is 0 Å². The molecular formula is C7H4BrN2. The van der Waals surface area contributed by atoms with Crippen molar-refractivity contribution in [2.45, 2.75) is 0 Å². The van der Waals surface area contributed by atoms with E-state index in [-0.39, 0.29) is 0 Å². The van der Waals surface area contributed by atoms with Crippen LogP contribution in [0.5, 0.6) is 0 Å². The average molecular weight is 196 g/mol. The van der Waals surface area contributed by atoms with Crippen LogP contribution >= 0.6 is 16.1 Å². The molecule has 0 fully saturated rings. The number of benzene rings is 1. The van der Waals surface area contributed by atoms with Gasteiger partial charge >= 0.3 is 0 Å². The summed E-state index contributed by atoms with van der Waals surface area (Å²) >= 11 is 3.27. The van der Waals surface area contributed by atoms with Crippen molar-refractivity contribution in [3.05, 3.63) is 30.6 Å². The molecule has 2 nitrogen and oxygen atoms in total. The Labute approximate surface area is 66.8 Å². The largest absolute Gasteiger partial charge is 0.255 e. The van der Waals surface area contributed by atoms with Gasteiger partial charge < -0.3 is 0 Å². The summed E-state index contributed by atoms with van der Waals surface area (Å²) in [6, 6.07) is 7.85. The predicted molar refractivity (Wildman–Crippen MR) is 42.9 cm³/mol. The standard InChI is InChI=1S/C7H4BrN2/c8-10-5-9-6-3-1-2-4-7(6)10/h1-4H. The molecule has 0 saturated carbocycles. The maximum atomic E-state index is 4.01. The Bertz CT molecular complexity index is 353. The van der Waals surface area contributed by atoms with Gasteiger partial charge in [0.15, 0.2) is 6.33 Å². The number of hydrogen-bond acceptors (Lipinski definition) is 1. The van der Waals surface area contributed by atoms with Crippen LogP contribution in [0.25, 0.3) is 11.0 Å². The van der Waals surface area contributed by atoms with Crippen LogP contribution in [0.3, 0.4) is 0 Å². The first-order valence-electron chi connectivity index (χ1n) is 2.89. The molecule has 0 bridgehead atoms. The van der Waals surface area contributed by atoms with Gasteiger partial charge in [-0.25, -0.2) is 4.98 Å². The fraction of sp³-hybridized carbons (Fsp3) is 0. The van der Waals surface area contributed by atoms with Crippen LogP contribution in [-0.2, 0) is 0 Å². The first-order valence-corrected chi connectivity index (χ1v) is 3.60. The van der Waals surface area contributed by atoms with Crippen LogP contribution in [0, 0.1) is 6.33 Å². The molecule has 1 heterocycles. The zero-order chi connectivity index (χ0) is 6.97. The zero-order valence-electron chi connectivity index (χ0n) is 5.08. The maximum absolute atomic E-state index is 4.01. The Morgan fingerprint density at radius 2 is 2.20 bits per heavy atom. The number of rotatable bonds is 0. The summed E-state index contributed by atoms with van der Waals surface area (Å²) in [4.78, 5) is 4.01. The summed E-state index contributed by atoms with van der Waals surface area (Å²) in [6.45, 7) is 0. The van der Waals surface area contributed by atoms with Crippen LogP contribution in [0.1, 0.15) is 0 Å². The highest BCUT2D eigenvalue weighted by Crippen LogP contribution is 2.12. The van der Waals surface area contributed by atoms with Crippen LogP contribution in [0.4, 0.5) is 0 Å². The predicted octanol–water partition coefficient (Wildman–Crippen LogP) is 1.99. The Morgan fingerprint density at radius 3 is 3.00 bits per heavy atom. The third-order valence-corrected chi connectivity index (χ3v) is 1.89. The summed E-state index contributed by atoms with van der Waals surface area (Å²) in [7, 11) is 0. The van der Waals surface area contributed by atoms with Gasteiger partial charge in [0.2, 0.25) is 0 Å². The molecule has 0 aliphatic rings. The van der Waals surface area contributed by atoms with E-state index < -0.39 is 0 Å². The molecule has 0 aliphatic heterocycles. The highest BCUT2D eigenvalue weighted by Gasteiger charge is 1.96. The van der Waals surface area contributed by atoms with Gasteiger partial charge in [0.25, 0.3) is 0 Å². The second-order valence-corrected chi connectivity index (χ2v) is 2.69. The van der Waals surface area contributed by atoms with Crippen LogP contribution in [0.15, 0.2) is 24.3 Å². The van der Waals surface area contributed by atoms with Gasteiger partial charge in [-0.05, 0) is 12.1 Å². The van der Waals surface area contributed by atoms with Crippen molar-refractivity contribution in [3.63, 3.8) is 0 Å². The van der Waals surface area contributed by atoms with E-state index in [4.69, 9.17) is 0 Å². The molecule has 2 rings (SSSR count). The Hall–Kier alpha value is -0.830. The minimum Gasteiger partial charge on any atom is -0.255 e. The smallest absolute Gasteiger partial charge is 0.188 e. The van der Waals surface area contributed by atoms with E-state index in [0.717, 1.165) is 11.0 Å². The lowest BCUT2D eigenvalue weighted by Gasteiger charge is -1.87. The van der Waals surface area contributed by atoms with E-state index in [1.165, 1.54) is 0 Å². The molecule has 0 saturated heterocycles. The van der Waals surface area contributed by atoms with E-state index in [1.54, 1.807) is 3.59 Å². The molecule has 49 valence electrons. The van der Waals surface area contributed by atoms with Gasteiger partial charge in [-0.15, -0.1) is 0 Å². The lowest BCUT2D eigenvalue weighted by atomic mass is 10.3. The molecule has 1 aromatic carbocycles.